The third kappa shape index (κ3) is 4.81. The Morgan fingerprint density at radius 3 is 2.68 bits per heavy atom. The van der Waals surface area contributed by atoms with E-state index >= 15 is 0 Å². The summed E-state index contributed by atoms with van der Waals surface area (Å²) in [5, 5.41) is 4.60. The Morgan fingerprint density at radius 1 is 1.03 bits per heavy atom. The summed E-state index contributed by atoms with van der Waals surface area (Å²) in [7, 11) is 1.81. The van der Waals surface area contributed by atoms with E-state index in [0.717, 1.165) is 83.4 Å². The standard InChI is InChI=1S/C31H33N5O/c1-21-25(12-8-18-32-21)34-27-19-29-31(20-28(27)33-22-14-16-24(37-2)17-15-22)36(23-9-4-3-5-10-23)30-13-7-6-11-26(30)35-29/h3-4,6-9,11-13,18-20,22,24,34H,5,10,14-17H2,1-2H3/b33-28+. The van der Waals surface area contributed by atoms with E-state index in [9.17, 15) is 0 Å². The number of rotatable bonds is 5. The van der Waals surface area contributed by atoms with Gasteiger partial charge in [0.05, 0.1) is 57.0 Å². The van der Waals surface area contributed by atoms with Gasteiger partial charge >= 0.3 is 0 Å². The highest BCUT2D eigenvalue weighted by molar-refractivity contribution is 5.86. The molecule has 6 nitrogen and oxygen atoms in total. The van der Waals surface area contributed by atoms with Crippen LogP contribution in [-0.2, 0) is 4.74 Å². The van der Waals surface area contributed by atoms with Crippen LogP contribution in [0.15, 0.2) is 77.9 Å². The molecule has 0 bridgehead atoms. The average molecular weight is 492 g/mol. The molecule has 1 fully saturated rings. The van der Waals surface area contributed by atoms with E-state index in [1.54, 1.807) is 0 Å². The van der Waals surface area contributed by atoms with E-state index in [1.807, 2.05) is 26.3 Å². The molecule has 1 aliphatic heterocycles. The minimum Gasteiger partial charge on any atom is -0.381 e. The number of nitrogens with zero attached hydrogens (tertiary/aromatic N) is 4. The zero-order valence-corrected chi connectivity index (χ0v) is 21.5. The zero-order chi connectivity index (χ0) is 25.2. The number of benzene rings is 2. The summed E-state index contributed by atoms with van der Waals surface area (Å²) in [6, 6.07) is 17.1. The van der Waals surface area contributed by atoms with Gasteiger partial charge in [0.1, 0.15) is 0 Å². The number of fused-ring (bicyclic) bond motifs is 2. The molecule has 2 aromatic rings. The molecule has 0 unspecified atom stereocenters. The van der Waals surface area contributed by atoms with Crippen molar-refractivity contribution in [2.75, 3.05) is 12.4 Å². The molecule has 0 amide bonds. The highest BCUT2D eigenvalue weighted by atomic mass is 16.5. The van der Waals surface area contributed by atoms with Gasteiger partial charge in [-0.1, -0.05) is 24.3 Å². The number of hydrogen-bond donors (Lipinski definition) is 1. The molecular weight excluding hydrogens is 458 g/mol. The topological polar surface area (TPSA) is 64.3 Å². The first-order valence-corrected chi connectivity index (χ1v) is 13.3. The third-order valence-electron chi connectivity index (χ3n) is 7.55. The average Bonchev–Trinajstić information content (AvgIpc) is 2.94. The van der Waals surface area contributed by atoms with E-state index in [2.05, 4.69) is 75.6 Å². The summed E-state index contributed by atoms with van der Waals surface area (Å²) in [4.78, 5) is 14.9. The molecule has 1 saturated carbocycles. The number of nitrogens with one attached hydrogen (secondary N) is 1. The molecule has 3 aliphatic carbocycles. The fourth-order valence-corrected chi connectivity index (χ4v) is 5.50. The summed E-state index contributed by atoms with van der Waals surface area (Å²) in [6.07, 6.45) is 15.0. The van der Waals surface area contributed by atoms with Gasteiger partial charge in [0.2, 0.25) is 0 Å². The smallest absolute Gasteiger partial charge is 0.0900 e. The second-order valence-corrected chi connectivity index (χ2v) is 9.98. The predicted octanol–water partition coefficient (Wildman–Crippen LogP) is 6.64. The van der Waals surface area contributed by atoms with Crippen LogP contribution >= 0.6 is 0 Å². The molecule has 0 atom stereocenters. The number of aromatic nitrogens is 3. The fourth-order valence-electron chi connectivity index (χ4n) is 5.50. The number of methoxy groups -OCH3 is 1. The van der Waals surface area contributed by atoms with Crippen LogP contribution in [0.4, 0.5) is 11.4 Å². The molecule has 37 heavy (non-hydrogen) atoms. The van der Waals surface area contributed by atoms with E-state index in [4.69, 9.17) is 14.7 Å². The molecule has 2 heterocycles. The van der Waals surface area contributed by atoms with Gasteiger partial charge in [-0.2, -0.15) is 0 Å². The van der Waals surface area contributed by atoms with Crippen molar-refractivity contribution in [1.82, 2.24) is 14.5 Å². The van der Waals surface area contributed by atoms with Gasteiger partial charge < -0.3 is 14.6 Å². The first-order valence-electron chi connectivity index (χ1n) is 13.3. The van der Waals surface area contributed by atoms with Gasteiger partial charge in [-0.25, -0.2) is 4.98 Å². The Balaban J connectivity index is 1.57. The van der Waals surface area contributed by atoms with Crippen LogP contribution < -0.4 is 10.7 Å². The quantitative estimate of drug-likeness (QED) is 0.318. The highest BCUT2D eigenvalue weighted by Gasteiger charge is 2.22. The summed E-state index contributed by atoms with van der Waals surface area (Å²) in [5.74, 6) is 0. The number of aryl methyl sites for hydroxylation is 1. The van der Waals surface area contributed by atoms with Crippen LogP contribution in [0.3, 0.4) is 0 Å². The van der Waals surface area contributed by atoms with Crippen LogP contribution in [0.2, 0.25) is 0 Å². The molecular formula is C31H33N5O. The fraction of sp³-hybridized carbons (Fsp3) is 0.323. The number of anilines is 2. The lowest BCUT2D eigenvalue weighted by Gasteiger charge is -2.26. The van der Waals surface area contributed by atoms with Gasteiger partial charge in [0.25, 0.3) is 0 Å². The van der Waals surface area contributed by atoms with Crippen molar-refractivity contribution in [3.63, 3.8) is 0 Å². The molecule has 1 aromatic heterocycles. The lowest BCUT2D eigenvalue weighted by Crippen LogP contribution is -2.25. The Morgan fingerprint density at radius 2 is 1.89 bits per heavy atom. The molecule has 188 valence electrons. The van der Waals surface area contributed by atoms with Crippen LogP contribution in [0.25, 0.3) is 28.1 Å². The number of pyridine rings is 1. The minimum absolute atomic E-state index is 0.276. The van der Waals surface area contributed by atoms with Crippen molar-refractivity contribution in [3.05, 3.63) is 84.0 Å². The largest absolute Gasteiger partial charge is 0.381 e. The van der Waals surface area contributed by atoms with Crippen molar-refractivity contribution in [2.24, 2.45) is 4.99 Å². The van der Waals surface area contributed by atoms with Crippen molar-refractivity contribution in [1.29, 1.82) is 0 Å². The molecule has 0 saturated heterocycles. The van der Waals surface area contributed by atoms with Crippen molar-refractivity contribution in [3.8, 4) is 11.4 Å². The number of allylic oxidation sites excluding steroid dienone is 4. The lowest BCUT2D eigenvalue weighted by molar-refractivity contribution is 0.0663. The third-order valence-corrected chi connectivity index (χ3v) is 7.55. The van der Waals surface area contributed by atoms with Gasteiger partial charge in [-0.15, -0.1) is 0 Å². The highest BCUT2D eigenvalue weighted by Crippen LogP contribution is 2.33. The van der Waals surface area contributed by atoms with Crippen LogP contribution in [-0.4, -0.2) is 33.8 Å². The molecule has 6 rings (SSSR count). The van der Waals surface area contributed by atoms with Gasteiger partial charge in [-0.3, -0.25) is 9.98 Å². The molecule has 6 heteroatoms. The van der Waals surface area contributed by atoms with E-state index in [0.29, 0.717) is 6.10 Å². The normalized spacial score (nSPS) is 20.4. The Labute approximate surface area is 217 Å². The molecule has 1 N–H and O–H groups in total. The van der Waals surface area contributed by atoms with Gasteiger partial charge in [-0.05, 0) is 87.9 Å². The van der Waals surface area contributed by atoms with Crippen LogP contribution in [0, 0.1) is 6.92 Å². The number of hydrogen-bond acceptors (Lipinski definition) is 5. The summed E-state index contributed by atoms with van der Waals surface area (Å²) in [5.41, 5.74) is 8.30. The van der Waals surface area contributed by atoms with Crippen molar-refractivity contribution in [2.45, 2.75) is 57.6 Å². The Hall–Kier alpha value is -3.77. The van der Waals surface area contributed by atoms with Gasteiger partial charge in [0, 0.05) is 19.0 Å². The van der Waals surface area contributed by atoms with Gasteiger partial charge in [0.15, 0.2) is 0 Å². The predicted molar refractivity (Wildman–Crippen MR) is 150 cm³/mol. The molecule has 0 radical (unpaired) electrons. The van der Waals surface area contributed by atoms with E-state index in [1.165, 1.54) is 5.70 Å². The molecule has 1 aromatic carbocycles. The Bertz CT molecular complexity index is 1520. The summed E-state index contributed by atoms with van der Waals surface area (Å²) in [6.45, 7) is 2.02. The van der Waals surface area contributed by atoms with Crippen molar-refractivity contribution < 1.29 is 4.74 Å². The lowest BCUT2D eigenvalue weighted by atomic mass is 9.93. The SMILES string of the molecule is COC1CCC(/N=c2\cc3n(C4=CC=CCC4)c4ccccc4nc-3cc2Nc2cccnc2C)CC1. The maximum absolute atomic E-state index is 5.60. The molecule has 4 aliphatic rings. The maximum Gasteiger partial charge on any atom is 0.0900 e. The zero-order valence-electron chi connectivity index (χ0n) is 21.5. The first-order chi connectivity index (χ1) is 18.2. The Kier molecular flexibility index (Phi) is 6.58. The van der Waals surface area contributed by atoms with Crippen LogP contribution in [0.1, 0.15) is 44.2 Å². The first kappa shape index (κ1) is 23.6. The minimum atomic E-state index is 0.276. The second-order valence-electron chi connectivity index (χ2n) is 9.98. The van der Waals surface area contributed by atoms with Crippen LogP contribution in [0.5, 0.6) is 0 Å². The summed E-state index contributed by atoms with van der Waals surface area (Å²) < 4.78 is 7.98. The second kappa shape index (κ2) is 10.3. The molecule has 0 spiro atoms. The summed E-state index contributed by atoms with van der Waals surface area (Å²) >= 11 is 0. The number of ether oxygens (including phenoxy) is 1. The van der Waals surface area contributed by atoms with Crippen molar-refractivity contribution >= 4 is 28.1 Å². The van der Waals surface area contributed by atoms with E-state index < -0.39 is 0 Å². The monoisotopic (exact) mass is 491 g/mol. The number of para-hydroxylation sites is 2. The maximum atomic E-state index is 5.60. The van der Waals surface area contributed by atoms with E-state index in [-0.39, 0.29) is 6.04 Å².